The molecule has 2 aromatic rings. The SMILES string of the molecule is O=c1[nH]c(-c2cncn2C2CC2)nc(C2CC2)c1I. The average Bonchev–Trinajstić information content (AvgIpc) is 3.32. The van der Waals surface area contributed by atoms with Gasteiger partial charge in [0.1, 0.15) is 9.26 Å². The van der Waals surface area contributed by atoms with E-state index in [2.05, 4.69) is 42.1 Å². The summed E-state index contributed by atoms with van der Waals surface area (Å²) in [5.41, 5.74) is 1.86. The van der Waals surface area contributed by atoms with E-state index < -0.39 is 0 Å². The summed E-state index contributed by atoms with van der Waals surface area (Å²) in [6.07, 6.45) is 8.30. The lowest BCUT2D eigenvalue weighted by Gasteiger charge is -2.08. The van der Waals surface area contributed by atoms with Gasteiger partial charge in [0.25, 0.3) is 5.56 Å². The molecule has 0 unspecified atom stereocenters. The highest BCUT2D eigenvalue weighted by Crippen LogP contribution is 2.41. The molecule has 0 aliphatic heterocycles. The van der Waals surface area contributed by atoms with Gasteiger partial charge in [-0.15, -0.1) is 0 Å². The molecule has 2 heterocycles. The molecule has 0 atom stereocenters. The van der Waals surface area contributed by atoms with Crippen LogP contribution >= 0.6 is 22.6 Å². The quantitative estimate of drug-likeness (QED) is 0.847. The van der Waals surface area contributed by atoms with Crippen molar-refractivity contribution in [2.75, 3.05) is 0 Å². The van der Waals surface area contributed by atoms with Gasteiger partial charge in [-0.25, -0.2) is 9.97 Å². The van der Waals surface area contributed by atoms with E-state index in [1.807, 2.05) is 6.33 Å². The number of aromatic nitrogens is 4. The fraction of sp³-hybridized carbons (Fsp3) is 0.462. The van der Waals surface area contributed by atoms with E-state index in [1.54, 1.807) is 6.20 Å². The standard InChI is InChI=1S/C13H13IN4O/c14-10-11(7-1-2-7)16-12(17-13(10)19)9-5-15-6-18(9)8-3-4-8/h5-8H,1-4H2,(H,16,17,19). The van der Waals surface area contributed by atoms with Crippen LogP contribution in [-0.2, 0) is 0 Å². The Bertz CT molecular complexity index is 697. The molecular weight excluding hydrogens is 355 g/mol. The van der Waals surface area contributed by atoms with Crippen molar-refractivity contribution >= 4 is 22.6 Å². The molecule has 98 valence electrons. The third-order valence-corrected chi connectivity index (χ3v) is 4.74. The molecule has 2 aromatic heterocycles. The van der Waals surface area contributed by atoms with Crippen LogP contribution in [0.15, 0.2) is 17.3 Å². The number of nitrogens with one attached hydrogen (secondary N) is 1. The molecular formula is C13H13IN4O. The Labute approximate surface area is 123 Å². The first kappa shape index (κ1) is 11.6. The molecule has 0 spiro atoms. The van der Waals surface area contributed by atoms with Gasteiger partial charge in [-0.3, -0.25) is 4.79 Å². The number of rotatable bonds is 3. The van der Waals surface area contributed by atoms with Crippen molar-refractivity contribution in [1.29, 1.82) is 0 Å². The maximum Gasteiger partial charge on any atom is 0.264 e. The van der Waals surface area contributed by atoms with Crippen molar-refractivity contribution in [2.45, 2.75) is 37.6 Å². The molecule has 0 bridgehead atoms. The van der Waals surface area contributed by atoms with E-state index in [4.69, 9.17) is 0 Å². The summed E-state index contributed by atoms with van der Waals surface area (Å²) >= 11 is 2.10. The van der Waals surface area contributed by atoms with Crippen LogP contribution in [0, 0.1) is 3.57 Å². The third kappa shape index (κ3) is 2.01. The summed E-state index contributed by atoms with van der Waals surface area (Å²) in [5, 5.41) is 0. The lowest BCUT2D eigenvalue weighted by atomic mass is 10.2. The van der Waals surface area contributed by atoms with Crippen LogP contribution in [-0.4, -0.2) is 19.5 Å². The van der Waals surface area contributed by atoms with Crippen LogP contribution in [0.5, 0.6) is 0 Å². The maximum atomic E-state index is 12.1. The molecule has 0 radical (unpaired) electrons. The van der Waals surface area contributed by atoms with Gasteiger partial charge in [0, 0.05) is 12.0 Å². The Hall–Kier alpha value is -1.18. The average molecular weight is 368 g/mol. The fourth-order valence-corrected chi connectivity index (χ4v) is 3.05. The van der Waals surface area contributed by atoms with Crippen LogP contribution in [0.25, 0.3) is 11.5 Å². The van der Waals surface area contributed by atoms with Crippen LogP contribution in [0.4, 0.5) is 0 Å². The Morgan fingerprint density at radius 2 is 2.11 bits per heavy atom. The van der Waals surface area contributed by atoms with Crippen molar-refractivity contribution in [3.63, 3.8) is 0 Å². The van der Waals surface area contributed by atoms with Crippen LogP contribution < -0.4 is 5.56 Å². The summed E-state index contributed by atoms with van der Waals surface area (Å²) in [6, 6.07) is 0.534. The van der Waals surface area contributed by atoms with Gasteiger partial charge < -0.3 is 9.55 Å². The normalized spacial score (nSPS) is 18.8. The van der Waals surface area contributed by atoms with Gasteiger partial charge in [-0.2, -0.15) is 0 Å². The van der Waals surface area contributed by atoms with Crippen molar-refractivity contribution in [2.24, 2.45) is 0 Å². The summed E-state index contributed by atoms with van der Waals surface area (Å²) in [6.45, 7) is 0. The van der Waals surface area contributed by atoms with Gasteiger partial charge in [0.05, 0.1) is 18.2 Å². The van der Waals surface area contributed by atoms with Crippen molar-refractivity contribution in [3.8, 4) is 11.5 Å². The Kier molecular flexibility index (Phi) is 2.54. The first-order valence-corrected chi connectivity index (χ1v) is 7.64. The van der Waals surface area contributed by atoms with Gasteiger partial charge in [-0.1, -0.05) is 0 Å². The molecule has 0 saturated heterocycles. The predicted octanol–water partition coefficient (Wildman–Crippen LogP) is 2.45. The number of hydrogen-bond acceptors (Lipinski definition) is 3. The predicted molar refractivity (Wildman–Crippen MR) is 79.0 cm³/mol. The highest BCUT2D eigenvalue weighted by molar-refractivity contribution is 14.1. The Morgan fingerprint density at radius 3 is 2.79 bits per heavy atom. The second-order valence-electron chi connectivity index (χ2n) is 5.31. The Balaban J connectivity index is 1.86. The molecule has 0 amide bonds. The number of imidazole rings is 1. The van der Waals surface area contributed by atoms with Crippen molar-refractivity contribution < 1.29 is 0 Å². The van der Waals surface area contributed by atoms with Crippen LogP contribution in [0.2, 0.25) is 0 Å². The molecule has 2 fully saturated rings. The van der Waals surface area contributed by atoms with E-state index in [0.717, 1.165) is 27.8 Å². The van der Waals surface area contributed by atoms with E-state index in [9.17, 15) is 4.79 Å². The second-order valence-corrected chi connectivity index (χ2v) is 6.38. The molecule has 0 aromatic carbocycles. The number of aromatic amines is 1. The zero-order valence-electron chi connectivity index (χ0n) is 10.3. The van der Waals surface area contributed by atoms with E-state index >= 15 is 0 Å². The summed E-state index contributed by atoms with van der Waals surface area (Å²) in [5.74, 6) is 1.14. The smallest absolute Gasteiger partial charge is 0.264 e. The number of H-pyrrole nitrogens is 1. The summed E-state index contributed by atoms with van der Waals surface area (Å²) < 4.78 is 2.86. The molecule has 19 heavy (non-hydrogen) atoms. The lowest BCUT2D eigenvalue weighted by Crippen LogP contribution is -2.16. The number of nitrogens with zero attached hydrogens (tertiary/aromatic N) is 3. The first-order chi connectivity index (χ1) is 9.24. The van der Waals surface area contributed by atoms with Gasteiger partial charge in [0.2, 0.25) is 0 Å². The molecule has 6 heteroatoms. The third-order valence-electron chi connectivity index (χ3n) is 3.70. The minimum atomic E-state index is -0.0314. The second kappa shape index (κ2) is 4.16. The zero-order valence-corrected chi connectivity index (χ0v) is 12.4. The molecule has 2 saturated carbocycles. The summed E-state index contributed by atoms with van der Waals surface area (Å²) in [7, 11) is 0. The van der Waals surface area contributed by atoms with Crippen LogP contribution in [0.3, 0.4) is 0 Å². The molecule has 5 nitrogen and oxygen atoms in total. The minimum absolute atomic E-state index is 0.0314. The molecule has 2 aliphatic carbocycles. The zero-order chi connectivity index (χ0) is 13.0. The minimum Gasteiger partial charge on any atom is -0.325 e. The number of hydrogen-bond donors (Lipinski definition) is 1. The monoisotopic (exact) mass is 368 g/mol. The highest BCUT2D eigenvalue weighted by Gasteiger charge is 2.30. The highest BCUT2D eigenvalue weighted by atomic mass is 127. The molecule has 2 aliphatic rings. The Morgan fingerprint density at radius 1 is 1.32 bits per heavy atom. The lowest BCUT2D eigenvalue weighted by molar-refractivity contribution is 0.741. The van der Waals surface area contributed by atoms with Crippen LogP contribution in [0.1, 0.15) is 43.3 Å². The van der Waals surface area contributed by atoms with Gasteiger partial charge in [-0.05, 0) is 48.3 Å². The van der Waals surface area contributed by atoms with Gasteiger partial charge in [0.15, 0.2) is 5.82 Å². The molecule has 4 rings (SSSR count). The van der Waals surface area contributed by atoms with Crippen molar-refractivity contribution in [1.82, 2.24) is 19.5 Å². The van der Waals surface area contributed by atoms with E-state index in [0.29, 0.717) is 17.8 Å². The topological polar surface area (TPSA) is 63.6 Å². The fourth-order valence-electron chi connectivity index (χ4n) is 2.36. The first-order valence-electron chi connectivity index (χ1n) is 6.56. The largest absolute Gasteiger partial charge is 0.325 e. The molecule has 1 N–H and O–H groups in total. The maximum absolute atomic E-state index is 12.1. The van der Waals surface area contributed by atoms with Gasteiger partial charge >= 0.3 is 0 Å². The van der Waals surface area contributed by atoms with E-state index in [-0.39, 0.29) is 5.56 Å². The van der Waals surface area contributed by atoms with Crippen molar-refractivity contribution in [3.05, 3.63) is 32.1 Å². The summed E-state index contributed by atoms with van der Waals surface area (Å²) in [4.78, 5) is 23.8. The number of halogens is 1. The van der Waals surface area contributed by atoms with E-state index in [1.165, 1.54) is 12.8 Å².